The van der Waals surface area contributed by atoms with Gasteiger partial charge in [0.2, 0.25) is 0 Å². The minimum absolute atomic E-state index is 0.299. The number of benzene rings is 2. The van der Waals surface area contributed by atoms with E-state index in [0.717, 1.165) is 22.4 Å². The SMILES string of the molecule is CCOC(=O)C1=Cc2cc(-c3ccccc3C)ccc2N=C(N)C1. The fourth-order valence-electron chi connectivity index (χ4n) is 2.82. The van der Waals surface area contributed by atoms with Crippen LogP contribution in [0.15, 0.2) is 53.0 Å². The summed E-state index contributed by atoms with van der Waals surface area (Å²) in [6, 6.07) is 14.2. The van der Waals surface area contributed by atoms with Gasteiger partial charge in [0.05, 0.1) is 12.3 Å². The van der Waals surface area contributed by atoms with Crippen molar-refractivity contribution in [2.75, 3.05) is 6.61 Å². The number of hydrogen-bond acceptors (Lipinski definition) is 4. The molecule has 0 bridgehead atoms. The van der Waals surface area contributed by atoms with Crippen molar-refractivity contribution in [3.05, 3.63) is 59.2 Å². The normalized spacial score (nSPS) is 13.4. The quantitative estimate of drug-likeness (QED) is 0.869. The molecule has 24 heavy (non-hydrogen) atoms. The molecule has 1 aliphatic rings. The van der Waals surface area contributed by atoms with Crippen LogP contribution in [0.5, 0.6) is 0 Å². The molecule has 122 valence electrons. The van der Waals surface area contributed by atoms with Gasteiger partial charge in [-0.1, -0.05) is 30.3 Å². The highest BCUT2D eigenvalue weighted by atomic mass is 16.5. The molecule has 0 unspecified atom stereocenters. The van der Waals surface area contributed by atoms with Crippen molar-refractivity contribution in [1.29, 1.82) is 0 Å². The van der Waals surface area contributed by atoms with Crippen LogP contribution in [0.4, 0.5) is 5.69 Å². The number of hydrogen-bond donors (Lipinski definition) is 1. The zero-order valence-electron chi connectivity index (χ0n) is 13.9. The van der Waals surface area contributed by atoms with Gasteiger partial charge in [0, 0.05) is 17.6 Å². The van der Waals surface area contributed by atoms with Crippen LogP contribution in [-0.2, 0) is 9.53 Å². The second-order valence-electron chi connectivity index (χ2n) is 5.76. The molecule has 2 aromatic carbocycles. The number of nitrogens with two attached hydrogens (primary N) is 1. The zero-order chi connectivity index (χ0) is 17.1. The monoisotopic (exact) mass is 320 g/mol. The lowest BCUT2D eigenvalue weighted by atomic mass is 9.97. The van der Waals surface area contributed by atoms with Gasteiger partial charge in [-0.3, -0.25) is 0 Å². The maximum atomic E-state index is 12.1. The first kappa shape index (κ1) is 16.0. The zero-order valence-corrected chi connectivity index (χ0v) is 13.9. The minimum atomic E-state index is -0.343. The number of amidine groups is 1. The van der Waals surface area contributed by atoms with Crippen LogP contribution in [-0.4, -0.2) is 18.4 Å². The van der Waals surface area contributed by atoms with E-state index in [1.54, 1.807) is 6.92 Å². The minimum Gasteiger partial charge on any atom is -0.463 e. The van der Waals surface area contributed by atoms with Gasteiger partial charge in [-0.15, -0.1) is 0 Å². The van der Waals surface area contributed by atoms with E-state index in [1.165, 1.54) is 5.56 Å². The van der Waals surface area contributed by atoms with Crippen LogP contribution < -0.4 is 5.73 Å². The fraction of sp³-hybridized carbons (Fsp3) is 0.200. The highest BCUT2D eigenvalue weighted by molar-refractivity contribution is 6.03. The van der Waals surface area contributed by atoms with E-state index in [1.807, 2.05) is 36.4 Å². The van der Waals surface area contributed by atoms with E-state index >= 15 is 0 Å². The summed E-state index contributed by atoms with van der Waals surface area (Å²) in [5, 5.41) is 0. The standard InChI is InChI=1S/C20H20N2O2/c1-3-24-20(23)16-11-15-10-14(17-7-5-4-6-13(17)2)8-9-18(15)22-19(21)12-16/h4-11H,3,12H2,1-2H3,(H2,21,22). The molecule has 1 heterocycles. The van der Waals surface area contributed by atoms with Crippen LogP contribution in [0.25, 0.3) is 17.2 Å². The number of ether oxygens (including phenoxy) is 1. The summed E-state index contributed by atoms with van der Waals surface area (Å²) in [5.41, 5.74) is 11.6. The second kappa shape index (κ2) is 6.71. The number of aryl methyl sites for hydroxylation is 1. The van der Waals surface area contributed by atoms with Crippen molar-refractivity contribution < 1.29 is 9.53 Å². The van der Waals surface area contributed by atoms with E-state index in [0.29, 0.717) is 24.4 Å². The van der Waals surface area contributed by atoms with E-state index < -0.39 is 0 Å². The summed E-state index contributed by atoms with van der Waals surface area (Å²) in [6.07, 6.45) is 2.13. The summed E-state index contributed by atoms with van der Waals surface area (Å²) in [6.45, 7) is 4.21. The largest absolute Gasteiger partial charge is 0.463 e. The molecule has 2 aromatic rings. The molecule has 3 rings (SSSR count). The molecule has 0 radical (unpaired) electrons. The van der Waals surface area contributed by atoms with Gasteiger partial charge in [0.25, 0.3) is 0 Å². The smallest absolute Gasteiger partial charge is 0.334 e. The summed E-state index contributed by atoms with van der Waals surface area (Å²) < 4.78 is 5.12. The van der Waals surface area contributed by atoms with Crippen LogP contribution in [0.2, 0.25) is 0 Å². The van der Waals surface area contributed by atoms with Crippen molar-refractivity contribution >= 4 is 23.6 Å². The van der Waals surface area contributed by atoms with Gasteiger partial charge in [-0.25, -0.2) is 9.79 Å². The highest BCUT2D eigenvalue weighted by Crippen LogP contribution is 2.32. The van der Waals surface area contributed by atoms with Gasteiger partial charge in [0.1, 0.15) is 5.84 Å². The van der Waals surface area contributed by atoms with Gasteiger partial charge >= 0.3 is 5.97 Å². The Morgan fingerprint density at radius 1 is 1.25 bits per heavy atom. The van der Waals surface area contributed by atoms with E-state index in [9.17, 15) is 4.79 Å². The Kier molecular flexibility index (Phi) is 4.47. The molecule has 0 fully saturated rings. The van der Waals surface area contributed by atoms with Crippen LogP contribution in [0.3, 0.4) is 0 Å². The van der Waals surface area contributed by atoms with Crippen molar-refractivity contribution in [1.82, 2.24) is 0 Å². The first-order chi connectivity index (χ1) is 11.6. The Labute approximate surface area is 141 Å². The maximum absolute atomic E-state index is 12.1. The van der Waals surface area contributed by atoms with E-state index in [2.05, 4.69) is 24.0 Å². The first-order valence-corrected chi connectivity index (χ1v) is 7.99. The Hall–Kier alpha value is -2.88. The molecule has 0 saturated heterocycles. The van der Waals surface area contributed by atoms with Crippen LogP contribution in [0.1, 0.15) is 24.5 Å². The summed E-state index contributed by atoms with van der Waals surface area (Å²) in [7, 11) is 0. The summed E-state index contributed by atoms with van der Waals surface area (Å²) in [5.74, 6) is 0.0708. The molecule has 1 aliphatic heterocycles. The molecule has 0 atom stereocenters. The van der Waals surface area contributed by atoms with Gasteiger partial charge in [0.15, 0.2) is 0 Å². The van der Waals surface area contributed by atoms with E-state index in [-0.39, 0.29) is 5.97 Å². The van der Waals surface area contributed by atoms with Crippen LogP contribution in [0, 0.1) is 6.92 Å². The third kappa shape index (κ3) is 3.23. The summed E-state index contributed by atoms with van der Waals surface area (Å²) in [4.78, 5) is 16.5. The number of rotatable bonds is 3. The number of fused-ring (bicyclic) bond motifs is 1. The second-order valence-corrected chi connectivity index (χ2v) is 5.76. The molecule has 4 nitrogen and oxygen atoms in total. The predicted molar refractivity (Wildman–Crippen MR) is 97.1 cm³/mol. The lowest BCUT2D eigenvalue weighted by Crippen LogP contribution is -2.16. The molecule has 0 aliphatic carbocycles. The summed E-state index contributed by atoms with van der Waals surface area (Å²) >= 11 is 0. The average Bonchev–Trinajstić information content (AvgIpc) is 2.73. The third-order valence-corrected chi connectivity index (χ3v) is 3.99. The van der Waals surface area contributed by atoms with Crippen LogP contribution >= 0.6 is 0 Å². The lowest BCUT2D eigenvalue weighted by Gasteiger charge is -2.09. The maximum Gasteiger partial charge on any atom is 0.334 e. The Balaban J connectivity index is 2.09. The molecular weight excluding hydrogens is 300 g/mol. The number of carbonyl (C=O) groups is 1. The number of esters is 1. The van der Waals surface area contributed by atoms with E-state index in [4.69, 9.17) is 10.5 Å². The average molecular weight is 320 g/mol. The molecule has 0 saturated carbocycles. The number of carbonyl (C=O) groups excluding carboxylic acids is 1. The third-order valence-electron chi connectivity index (χ3n) is 3.99. The van der Waals surface area contributed by atoms with Gasteiger partial charge in [-0.2, -0.15) is 0 Å². The first-order valence-electron chi connectivity index (χ1n) is 7.99. The molecule has 0 aromatic heterocycles. The predicted octanol–water partition coefficient (Wildman–Crippen LogP) is 4.00. The van der Waals surface area contributed by atoms with Crippen molar-refractivity contribution in [2.45, 2.75) is 20.3 Å². The van der Waals surface area contributed by atoms with Gasteiger partial charge < -0.3 is 10.5 Å². The van der Waals surface area contributed by atoms with Gasteiger partial charge in [-0.05, 0) is 48.7 Å². The highest BCUT2D eigenvalue weighted by Gasteiger charge is 2.17. The van der Waals surface area contributed by atoms with Crippen molar-refractivity contribution in [3.63, 3.8) is 0 Å². The van der Waals surface area contributed by atoms with Crippen molar-refractivity contribution in [2.24, 2.45) is 10.7 Å². The number of aliphatic imine (C=N–C) groups is 1. The Morgan fingerprint density at radius 3 is 2.79 bits per heavy atom. The molecule has 4 heteroatoms. The lowest BCUT2D eigenvalue weighted by molar-refractivity contribution is -0.138. The fourth-order valence-corrected chi connectivity index (χ4v) is 2.82. The molecule has 2 N–H and O–H groups in total. The Bertz CT molecular complexity index is 850. The molecule has 0 amide bonds. The molecular formula is C20H20N2O2. The Morgan fingerprint density at radius 2 is 2.04 bits per heavy atom. The molecule has 0 spiro atoms. The topological polar surface area (TPSA) is 64.7 Å². The number of nitrogens with zero attached hydrogens (tertiary/aromatic N) is 1. The van der Waals surface area contributed by atoms with Crippen molar-refractivity contribution in [3.8, 4) is 11.1 Å².